The molecule has 1 nitrogen and oxygen atoms in total. The fourth-order valence-electron chi connectivity index (χ4n) is 7.59. The molecule has 1 aromatic heterocycles. The minimum Gasteiger partial charge on any atom is -0.290 e. The molecule has 8 rings (SSSR count). The molecule has 0 atom stereocenters. The van der Waals surface area contributed by atoms with Crippen molar-refractivity contribution in [3.05, 3.63) is 197 Å². The minimum atomic E-state index is -0.683. The first-order valence-corrected chi connectivity index (χ1v) is 17.9. The quantitative estimate of drug-likeness (QED) is 0.124. The van der Waals surface area contributed by atoms with Crippen molar-refractivity contribution in [1.82, 2.24) is 4.98 Å². The molecular weight excluding hydrogens is 812 g/mol. The largest absolute Gasteiger partial charge is 3.00 e. The molecule has 52 heavy (non-hydrogen) atoms. The van der Waals surface area contributed by atoms with Crippen LogP contribution in [0.3, 0.4) is 0 Å². The van der Waals surface area contributed by atoms with Gasteiger partial charge < -0.3 is 0 Å². The normalized spacial score (nSPS) is 13.2. The Hall–Kier alpha value is -4.79. The van der Waals surface area contributed by atoms with Gasteiger partial charge in [-0.3, -0.25) is 4.98 Å². The average molecular weight is 854 g/mol. The van der Waals surface area contributed by atoms with E-state index >= 15 is 0 Å². The molecule has 0 unspecified atom stereocenters. The molecule has 0 saturated carbocycles. The molecule has 1 heterocycles. The Balaban J connectivity index is 0.00000420. The number of fused-ring (bicyclic) bond motifs is 3. The van der Waals surface area contributed by atoms with E-state index in [-0.39, 0.29) is 33.2 Å². The van der Waals surface area contributed by atoms with E-state index in [9.17, 15) is 0 Å². The Bertz CT molecular complexity index is 2240. The van der Waals surface area contributed by atoms with Gasteiger partial charge in [-0.05, 0) is 55.8 Å². The maximum Gasteiger partial charge on any atom is 3.00 e. The van der Waals surface area contributed by atoms with Gasteiger partial charge in [0.1, 0.15) is 0 Å². The molecule has 0 spiro atoms. The second kappa shape index (κ2) is 13.6. The van der Waals surface area contributed by atoms with Gasteiger partial charge in [0.2, 0.25) is 0 Å². The van der Waals surface area contributed by atoms with Crippen molar-refractivity contribution in [2.24, 2.45) is 0 Å². The predicted octanol–water partition coefficient (Wildman–Crippen LogP) is 12.4. The molecule has 0 amide bonds. The number of hydrogen-bond donors (Lipinski definition) is 0. The van der Waals surface area contributed by atoms with Crippen molar-refractivity contribution in [1.29, 1.82) is 0 Å². The van der Waals surface area contributed by atoms with Crippen molar-refractivity contribution in [2.75, 3.05) is 0 Å². The number of benzene rings is 6. The molecule has 0 radical (unpaired) electrons. The van der Waals surface area contributed by atoms with Gasteiger partial charge in [-0.2, -0.15) is 72.3 Å². The number of nitrogens with zero attached hydrogens (tertiary/aromatic N) is 1. The average Bonchev–Trinajstić information content (AvgIpc) is 3.45. The van der Waals surface area contributed by atoms with Crippen LogP contribution < -0.4 is 0 Å². The number of aromatic nitrogens is 1. The topological polar surface area (TPSA) is 12.9 Å². The first-order valence-electron chi connectivity index (χ1n) is 17.9. The summed E-state index contributed by atoms with van der Waals surface area (Å²) < 4.78 is 0. The zero-order chi connectivity index (χ0) is 35.4. The summed E-state index contributed by atoms with van der Waals surface area (Å²) in [6.45, 7) is 13.8. The predicted molar refractivity (Wildman–Crippen MR) is 212 cm³/mol. The Morgan fingerprint density at radius 2 is 1.10 bits per heavy atom. The monoisotopic (exact) mass is 853 g/mol. The van der Waals surface area contributed by atoms with Gasteiger partial charge in [-0.1, -0.05) is 126 Å². The molecule has 7 aromatic rings. The van der Waals surface area contributed by atoms with E-state index < -0.39 is 5.41 Å². The van der Waals surface area contributed by atoms with Gasteiger partial charge in [-0.25, -0.2) is 5.56 Å². The minimum absolute atomic E-state index is 0. The van der Waals surface area contributed by atoms with E-state index in [2.05, 4.69) is 187 Å². The standard InChI is InChI=1S/C50H42N.Au/c1-48(2,3)40-25-27-42-43-28-26-41(49(4,5)6)33-45(43)50(44(42)32-40,39-21-14-9-15-22-39)47-24-16-23-46(51-47)38-30-36(34-17-10-7-11-18-34)29-37(31-38)35-19-12-8-13-20-35;/h7-19,21,23-30,32-33H,1-6H3;/q-3;+3. The fourth-order valence-corrected chi connectivity index (χ4v) is 7.59. The van der Waals surface area contributed by atoms with Gasteiger partial charge in [0, 0.05) is 11.4 Å². The van der Waals surface area contributed by atoms with Crippen LogP contribution in [0.5, 0.6) is 0 Å². The van der Waals surface area contributed by atoms with Crippen LogP contribution in [0.25, 0.3) is 44.6 Å². The molecule has 1 aliphatic rings. The molecule has 0 bridgehead atoms. The van der Waals surface area contributed by atoms with Crippen LogP contribution in [0, 0.1) is 18.2 Å². The molecule has 0 aliphatic heterocycles. The summed E-state index contributed by atoms with van der Waals surface area (Å²) in [5, 5.41) is 0. The Kier molecular flexibility index (Phi) is 9.34. The zero-order valence-corrected chi connectivity index (χ0v) is 32.8. The second-order valence-corrected chi connectivity index (χ2v) is 15.8. The van der Waals surface area contributed by atoms with Crippen LogP contribution in [-0.4, -0.2) is 4.98 Å². The van der Waals surface area contributed by atoms with Crippen LogP contribution >= 0.6 is 0 Å². The molecule has 2 heteroatoms. The van der Waals surface area contributed by atoms with Gasteiger partial charge >= 0.3 is 22.4 Å². The van der Waals surface area contributed by atoms with Gasteiger partial charge in [0.05, 0.1) is 5.41 Å². The summed E-state index contributed by atoms with van der Waals surface area (Å²) in [5.41, 5.74) is 15.0. The summed E-state index contributed by atoms with van der Waals surface area (Å²) >= 11 is 0. The molecule has 6 aromatic carbocycles. The van der Waals surface area contributed by atoms with Crippen molar-refractivity contribution < 1.29 is 22.4 Å². The molecule has 1 aliphatic carbocycles. The van der Waals surface area contributed by atoms with E-state index in [1.165, 1.54) is 33.4 Å². The molecule has 258 valence electrons. The third-order valence-corrected chi connectivity index (χ3v) is 10.4. The first kappa shape index (κ1) is 35.6. The second-order valence-electron chi connectivity index (χ2n) is 15.8. The maximum atomic E-state index is 5.66. The van der Waals surface area contributed by atoms with E-state index in [0.29, 0.717) is 0 Å². The van der Waals surface area contributed by atoms with Crippen molar-refractivity contribution >= 4 is 0 Å². The van der Waals surface area contributed by atoms with Crippen molar-refractivity contribution in [3.63, 3.8) is 0 Å². The fraction of sp³-hybridized carbons (Fsp3) is 0.180. The summed E-state index contributed by atoms with van der Waals surface area (Å²) in [6, 6.07) is 63.1. The van der Waals surface area contributed by atoms with Crippen LogP contribution in [0.2, 0.25) is 0 Å². The summed E-state index contributed by atoms with van der Waals surface area (Å²) in [6.07, 6.45) is 0. The SMILES string of the molecule is CC(C)(C)c1ccc2c(c1)C(c1[c-]cccc1)(c1cccc(-c3[c-]c(-c4[c-]cccc4)cc(-c4ccccc4)c3)n1)c1cc(C(C)(C)C)ccc1-2.[Au+3]. The van der Waals surface area contributed by atoms with E-state index in [1.54, 1.807) is 0 Å². The molecule has 0 saturated heterocycles. The Morgan fingerprint density at radius 3 is 1.67 bits per heavy atom. The van der Waals surface area contributed by atoms with E-state index in [1.807, 2.05) is 18.2 Å². The van der Waals surface area contributed by atoms with Gasteiger partial charge in [0.15, 0.2) is 0 Å². The molecule has 0 N–H and O–H groups in total. The Morgan fingerprint density at radius 1 is 0.500 bits per heavy atom. The van der Waals surface area contributed by atoms with E-state index in [4.69, 9.17) is 4.98 Å². The van der Waals surface area contributed by atoms with Crippen LogP contribution in [-0.2, 0) is 38.6 Å². The number of rotatable bonds is 5. The number of pyridine rings is 1. The smallest absolute Gasteiger partial charge is 0.290 e. The van der Waals surface area contributed by atoms with Crippen LogP contribution in [0.4, 0.5) is 0 Å². The van der Waals surface area contributed by atoms with Crippen molar-refractivity contribution in [3.8, 4) is 44.6 Å². The summed E-state index contributed by atoms with van der Waals surface area (Å²) in [7, 11) is 0. The Labute approximate surface area is 325 Å². The zero-order valence-electron chi connectivity index (χ0n) is 30.6. The first-order chi connectivity index (χ1) is 24.5. The van der Waals surface area contributed by atoms with Gasteiger partial charge in [-0.15, -0.1) is 23.3 Å². The van der Waals surface area contributed by atoms with Crippen molar-refractivity contribution in [2.45, 2.75) is 57.8 Å². The third kappa shape index (κ3) is 6.22. The molecule has 0 fully saturated rings. The van der Waals surface area contributed by atoms with Crippen LogP contribution in [0.15, 0.2) is 146 Å². The molecular formula is C50H42AuN. The number of hydrogen-bond acceptors (Lipinski definition) is 1. The summed E-state index contributed by atoms with van der Waals surface area (Å²) in [4.78, 5) is 5.66. The third-order valence-electron chi connectivity index (χ3n) is 10.4. The summed E-state index contributed by atoms with van der Waals surface area (Å²) in [5.74, 6) is 0. The van der Waals surface area contributed by atoms with Gasteiger partial charge in [0.25, 0.3) is 0 Å². The van der Waals surface area contributed by atoms with E-state index in [0.717, 1.165) is 44.8 Å². The van der Waals surface area contributed by atoms with Crippen LogP contribution in [0.1, 0.15) is 75.1 Å². The maximum absolute atomic E-state index is 5.66.